The highest BCUT2D eigenvalue weighted by molar-refractivity contribution is 9.10. The minimum Gasteiger partial charge on any atom is -0.496 e. The van der Waals surface area contributed by atoms with E-state index in [1.165, 1.54) is 24.9 Å². The third-order valence-electron chi connectivity index (χ3n) is 3.68. The predicted octanol–water partition coefficient (Wildman–Crippen LogP) is 2.98. The summed E-state index contributed by atoms with van der Waals surface area (Å²) in [4.78, 5) is 4.88. The second-order valence-corrected chi connectivity index (χ2v) is 6.35. The maximum Gasteiger partial charge on any atom is 0.133 e. The van der Waals surface area contributed by atoms with Crippen molar-refractivity contribution < 1.29 is 4.74 Å². The standard InChI is InChI=1S/C15H23BrN2O/c1-17(2)11-13-5-4-8-18(13)10-12-6-7-15(19-3)14(16)9-12/h6-7,9,13H,4-5,8,10-11H2,1-3H3. The number of benzene rings is 1. The highest BCUT2D eigenvalue weighted by Crippen LogP contribution is 2.27. The number of halogens is 1. The fraction of sp³-hybridized carbons (Fsp3) is 0.600. The molecule has 0 saturated carbocycles. The van der Waals surface area contributed by atoms with E-state index < -0.39 is 0 Å². The van der Waals surface area contributed by atoms with Crippen molar-refractivity contribution in [1.29, 1.82) is 0 Å². The van der Waals surface area contributed by atoms with Crippen LogP contribution in [0.25, 0.3) is 0 Å². The highest BCUT2D eigenvalue weighted by Gasteiger charge is 2.24. The van der Waals surface area contributed by atoms with Gasteiger partial charge in [-0.1, -0.05) is 6.07 Å². The average Bonchev–Trinajstić information content (AvgIpc) is 2.76. The van der Waals surface area contributed by atoms with E-state index in [4.69, 9.17) is 4.74 Å². The molecule has 1 aromatic rings. The summed E-state index contributed by atoms with van der Waals surface area (Å²) in [5.74, 6) is 0.898. The summed E-state index contributed by atoms with van der Waals surface area (Å²) >= 11 is 3.56. The van der Waals surface area contributed by atoms with Crippen molar-refractivity contribution in [2.75, 3.05) is 34.3 Å². The number of hydrogen-bond acceptors (Lipinski definition) is 3. The molecule has 1 atom stereocenters. The Hall–Kier alpha value is -0.580. The minimum atomic E-state index is 0.691. The van der Waals surface area contributed by atoms with E-state index in [1.807, 2.05) is 6.07 Å². The molecule has 0 amide bonds. The molecule has 0 spiro atoms. The zero-order valence-corrected chi connectivity index (χ0v) is 13.6. The van der Waals surface area contributed by atoms with Crippen LogP contribution in [0.1, 0.15) is 18.4 Å². The summed E-state index contributed by atoms with van der Waals surface area (Å²) in [6.45, 7) is 3.39. The quantitative estimate of drug-likeness (QED) is 0.827. The largest absolute Gasteiger partial charge is 0.496 e. The first kappa shape index (κ1) is 14.8. The topological polar surface area (TPSA) is 15.7 Å². The summed E-state index contributed by atoms with van der Waals surface area (Å²) in [6.07, 6.45) is 2.63. The number of rotatable bonds is 5. The smallest absolute Gasteiger partial charge is 0.133 e. The van der Waals surface area contributed by atoms with Gasteiger partial charge in [-0.25, -0.2) is 0 Å². The van der Waals surface area contributed by atoms with E-state index in [2.05, 4.69) is 52.0 Å². The molecule has 1 aliphatic heterocycles. The van der Waals surface area contributed by atoms with Gasteiger partial charge < -0.3 is 9.64 Å². The fourth-order valence-electron chi connectivity index (χ4n) is 2.77. The molecule has 2 rings (SSSR count). The second kappa shape index (κ2) is 6.73. The molecule has 19 heavy (non-hydrogen) atoms. The van der Waals surface area contributed by atoms with Crippen LogP contribution in [0.3, 0.4) is 0 Å². The van der Waals surface area contributed by atoms with E-state index in [1.54, 1.807) is 7.11 Å². The molecule has 1 fully saturated rings. The summed E-state index contributed by atoms with van der Waals surface area (Å²) in [5.41, 5.74) is 1.35. The molecular weight excluding hydrogens is 304 g/mol. The Bertz CT molecular complexity index is 423. The zero-order chi connectivity index (χ0) is 13.8. The van der Waals surface area contributed by atoms with Crippen molar-refractivity contribution in [2.24, 2.45) is 0 Å². The number of nitrogens with zero attached hydrogens (tertiary/aromatic N) is 2. The van der Waals surface area contributed by atoms with Crippen LogP contribution in [0.15, 0.2) is 22.7 Å². The molecule has 3 nitrogen and oxygen atoms in total. The molecule has 0 radical (unpaired) electrons. The van der Waals surface area contributed by atoms with Gasteiger partial charge in [0, 0.05) is 19.1 Å². The van der Waals surface area contributed by atoms with Crippen LogP contribution in [0.2, 0.25) is 0 Å². The molecule has 0 aromatic heterocycles. The summed E-state index contributed by atoms with van der Waals surface area (Å²) in [7, 11) is 6.01. The Morgan fingerprint density at radius 1 is 1.42 bits per heavy atom. The highest BCUT2D eigenvalue weighted by atomic mass is 79.9. The maximum atomic E-state index is 5.28. The first-order valence-electron chi connectivity index (χ1n) is 6.81. The first-order valence-corrected chi connectivity index (χ1v) is 7.60. The molecular formula is C15H23BrN2O. The van der Waals surface area contributed by atoms with Crippen LogP contribution in [-0.2, 0) is 6.54 Å². The van der Waals surface area contributed by atoms with Gasteiger partial charge in [-0.3, -0.25) is 4.90 Å². The van der Waals surface area contributed by atoms with Gasteiger partial charge in [0.05, 0.1) is 11.6 Å². The molecule has 0 aliphatic carbocycles. The summed E-state index contributed by atoms with van der Waals surface area (Å²) in [6, 6.07) is 7.06. The van der Waals surface area contributed by atoms with E-state index in [9.17, 15) is 0 Å². The van der Waals surface area contributed by atoms with Crippen LogP contribution in [0.5, 0.6) is 5.75 Å². The normalized spacial score (nSPS) is 20.2. The lowest BCUT2D eigenvalue weighted by atomic mass is 10.1. The maximum absolute atomic E-state index is 5.28. The van der Waals surface area contributed by atoms with Crippen LogP contribution in [0.4, 0.5) is 0 Å². The number of ether oxygens (including phenoxy) is 1. The van der Waals surface area contributed by atoms with Gasteiger partial charge in [-0.15, -0.1) is 0 Å². The zero-order valence-electron chi connectivity index (χ0n) is 12.0. The van der Waals surface area contributed by atoms with Crippen molar-refractivity contribution in [1.82, 2.24) is 9.80 Å². The molecule has 4 heteroatoms. The van der Waals surface area contributed by atoms with Gasteiger partial charge in [0.15, 0.2) is 0 Å². The van der Waals surface area contributed by atoms with E-state index in [-0.39, 0.29) is 0 Å². The van der Waals surface area contributed by atoms with Crippen molar-refractivity contribution in [2.45, 2.75) is 25.4 Å². The van der Waals surface area contributed by atoms with Crippen molar-refractivity contribution in [3.63, 3.8) is 0 Å². The van der Waals surface area contributed by atoms with E-state index >= 15 is 0 Å². The molecule has 1 saturated heterocycles. The third kappa shape index (κ3) is 3.94. The lowest BCUT2D eigenvalue weighted by molar-refractivity contribution is 0.201. The molecule has 1 heterocycles. The second-order valence-electron chi connectivity index (χ2n) is 5.50. The van der Waals surface area contributed by atoms with Gasteiger partial charge in [-0.05, 0) is 67.1 Å². The SMILES string of the molecule is COc1ccc(CN2CCCC2CN(C)C)cc1Br. The van der Waals surface area contributed by atoms with Crippen LogP contribution in [0, 0.1) is 0 Å². The molecule has 1 unspecified atom stereocenters. The van der Waals surface area contributed by atoms with Gasteiger partial charge in [0.25, 0.3) is 0 Å². The Labute approximate surface area is 124 Å². The molecule has 0 bridgehead atoms. The first-order chi connectivity index (χ1) is 9.10. The summed E-state index contributed by atoms with van der Waals surface area (Å²) < 4.78 is 6.31. The Balaban J connectivity index is 2.01. The lowest BCUT2D eigenvalue weighted by Crippen LogP contribution is -2.37. The van der Waals surface area contributed by atoms with Crippen molar-refractivity contribution >= 4 is 15.9 Å². The van der Waals surface area contributed by atoms with Gasteiger partial charge in [0.2, 0.25) is 0 Å². The number of likely N-dealkylation sites (tertiary alicyclic amines) is 1. The number of methoxy groups -OCH3 is 1. The van der Waals surface area contributed by atoms with E-state index in [0.717, 1.165) is 23.3 Å². The number of likely N-dealkylation sites (N-methyl/N-ethyl adjacent to an activating group) is 1. The average molecular weight is 327 g/mol. The van der Waals surface area contributed by atoms with Gasteiger partial charge in [0.1, 0.15) is 5.75 Å². The van der Waals surface area contributed by atoms with Gasteiger partial charge in [-0.2, -0.15) is 0 Å². The van der Waals surface area contributed by atoms with Crippen LogP contribution in [-0.4, -0.2) is 50.1 Å². The van der Waals surface area contributed by atoms with Crippen molar-refractivity contribution in [3.8, 4) is 5.75 Å². The summed E-state index contributed by atoms with van der Waals surface area (Å²) in [5, 5.41) is 0. The molecule has 1 aliphatic rings. The fourth-order valence-corrected chi connectivity index (χ4v) is 3.36. The van der Waals surface area contributed by atoms with E-state index in [0.29, 0.717) is 6.04 Å². The predicted molar refractivity (Wildman–Crippen MR) is 82.7 cm³/mol. The van der Waals surface area contributed by atoms with Crippen LogP contribution >= 0.6 is 15.9 Å². The van der Waals surface area contributed by atoms with Crippen LogP contribution < -0.4 is 4.74 Å². The third-order valence-corrected chi connectivity index (χ3v) is 4.30. The Morgan fingerprint density at radius 3 is 2.84 bits per heavy atom. The Morgan fingerprint density at radius 2 is 2.21 bits per heavy atom. The Kier molecular flexibility index (Phi) is 5.25. The monoisotopic (exact) mass is 326 g/mol. The lowest BCUT2D eigenvalue weighted by Gasteiger charge is -2.27. The van der Waals surface area contributed by atoms with Gasteiger partial charge >= 0.3 is 0 Å². The molecule has 1 aromatic carbocycles. The number of hydrogen-bond donors (Lipinski definition) is 0. The molecule has 0 N–H and O–H groups in total. The molecule has 106 valence electrons. The van der Waals surface area contributed by atoms with Crippen molar-refractivity contribution in [3.05, 3.63) is 28.2 Å². The minimum absolute atomic E-state index is 0.691.